The Morgan fingerprint density at radius 1 is 0.917 bits per heavy atom. The molecule has 0 radical (unpaired) electrons. The van der Waals surface area contributed by atoms with Crippen LogP contribution in [-0.4, -0.2) is 12.3 Å². The molecule has 0 aromatic carbocycles. The number of hydrogen-bond acceptors (Lipinski definition) is 5. The predicted octanol–water partition coefficient (Wildman–Crippen LogP) is 6.27. The van der Waals surface area contributed by atoms with Gasteiger partial charge in [-0.1, -0.05) is 41.5 Å². The summed E-state index contributed by atoms with van der Waals surface area (Å²) in [7, 11) is 0. The third-order valence-electron chi connectivity index (χ3n) is 3.46. The van der Waals surface area contributed by atoms with Gasteiger partial charge in [-0.15, -0.1) is 5.10 Å². The van der Waals surface area contributed by atoms with Crippen LogP contribution in [0.25, 0.3) is 0 Å². The van der Waals surface area contributed by atoms with Gasteiger partial charge in [-0.3, -0.25) is 0 Å². The molecule has 2 aromatic rings. The van der Waals surface area contributed by atoms with Crippen LogP contribution in [0.2, 0.25) is 0 Å². The highest BCUT2D eigenvalue weighted by molar-refractivity contribution is 5.88. The van der Waals surface area contributed by atoms with Crippen molar-refractivity contribution in [3.05, 3.63) is 48.3 Å². The molecular formula is C19H29N3O2. The van der Waals surface area contributed by atoms with E-state index >= 15 is 0 Å². The second-order valence-electron chi connectivity index (χ2n) is 6.52. The van der Waals surface area contributed by atoms with Crippen molar-refractivity contribution in [1.82, 2.24) is 0 Å². The maximum Gasteiger partial charge on any atom is 0.106 e. The summed E-state index contributed by atoms with van der Waals surface area (Å²) >= 11 is 0. The maximum atomic E-state index is 5.09. The van der Waals surface area contributed by atoms with Crippen LogP contribution in [0.1, 0.15) is 64.7 Å². The molecule has 0 saturated heterocycles. The zero-order valence-corrected chi connectivity index (χ0v) is 15.6. The first-order valence-electron chi connectivity index (χ1n) is 8.40. The Labute approximate surface area is 144 Å². The first-order valence-corrected chi connectivity index (χ1v) is 8.40. The van der Waals surface area contributed by atoms with Crippen LogP contribution in [0, 0.1) is 5.92 Å². The lowest BCUT2D eigenvalue weighted by Gasteiger charge is -1.97. The predicted molar refractivity (Wildman–Crippen MR) is 97.6 cm³/mol. The Balaban J connectivity index is 0.000000180. The topological polar surface area (TPSA) is 63.4 Å². The molecule has 0 fully saturated rings. The molecule has 0 saturated carbocycles. The minimum atomic E-state index is 0.505. The summed E-state index contributed by atoms with van der Waals surface area (Å²) in [5.74, 6) is 2.67. The lowest BCUT2D eigenvalue weighted by molar-refractivity contribution is 0.487. The monoisotopic (exact) mass is 331 g/mol. The third-order valence-corrected chi connectivity index (χ3v) is 3.46. The van der Waals surface area contributed by atoms with E-state index in [0.29, 0.717) is 24.3 Å². The molecular weight excluding hydrogens is 302 g/mol. The zero-order valence-electron chi connectivity index (χ0n) is 15.6. The highest BCUT2D eigenvalue weighted by atomic mass is 16.3. The lowest BCUT2D eigenvalue weighted by atomic mass is 10.1. The van der Waals surface area contributed by atoms with Crippen LogP contribution in [0.15, 0.2) is 61.3 Å². The lowest BCUT2D eigenvalue weighted by Crippen LogP contribution is -2.07. The molecule has 5 nitrogen and oxygen atoms in total. The standard InChI is InChI=1S/2C7H10O.C5H9N3/c1-6(2)7-3-4-8-5-7;1-6(2)7-4-3-5-8-7;1-4(2)5-3-6-8-7-5/h2*3-6H,1-2H3;4H,3H2,1-2H3. The van der Waals surface area contributed by atoms with Crippen molar-refractivity contribution in [2.45, 2.75) is 53.4 Å². The van der Waals surface area contributed by atoms with E-state index in [1.54, 1.807) is 18.8 Å². The van der Waals surface area contributed by atoms with Crippen molar-refractivity contribution in [2.75, 3.05) is 6.54 Å². The smallest absolute Gasteiger partial charge is 0.106 e. The summed E-state index contributed by atoms with van der Waals surface area (Å²) in [5.41, 5.74) is 2.36. The first kappa shape index (κ1) is 19.9. The molecule has 1 aliphatic rings. The summed E-state index contributed by atoms with van der Waals surface area (Å²) < 4.78 is 9.97. The molecule has 24 heavy (non-hydrogen) atoms. The average molecular weight is 331 g/mol. The van der Waals surface area contributed by atoms with Gasteiger partial charge in [0.05, 0.1) is 24.5 Å². The van der Waals surface area contributed by atoms with E-state index in [1.807, 2.05) is 18.2 Å². The van der Waals surface area contributed by atoms with Crippen molar-refractivity contribution < 1.29 is 8.83 Å². The number of furan rings is 2. The maximum absolute atomic E-state index is 5.09. The van der Waals surface area contributed by atoms with Gasteiger partial charge < -0.3 is 8.83 Å². The Kier molecular flexibility index (Phi) is 8.76. The van der Waals surface area contributed by atoms with Crippen molar-refractivity contribution in [3.63, 3.8) is 0 Å². The Morgan fingerprint density at radius 3 is 1.92 bits per heavy atom. The molecule has 5 heteroatoms. The summed E-state index contributed by atoms with van der Waals surface area (Å²) in [6.45, 7) is 13.4. The van der Waals surface area contributed by atoms with Gasteiger partial charge in [0.25, 0.3) is 0 Å². The highest BCUT2D eigenvalue weighted by Gasteiger charge is 2.07. The van der Waals surface area contributed by atoms with Gasteiger partial charge in [-0.2, -0.15) is 5.11 Å². The van der Waals surface area contributed by atoms with E-state index in [4.69, 9.17) is 8.83 Å². The average Bonchev–Trinajstić information content (AvgIpc) is 3.29. The third kappa shape index (κ3) is 7.40. The molecule has 0 atom stereocenters. The zero-order chi connectivity index (χ0) is 17.9. The fourth-order valence-corrected chi connectivity index (χ4v) is 1.75. The van der Waals surface area contributed by atoms with Crippen LogP contribution >= 0.6 is 0 Å². The largest absolute Gasteiger partial charge is 0.472 e. The van der Waals surface area contributed by atoms with E-state index in [-0.39, 0.29) is 0 Å². The summed E-state index contributed by atoms with van der Waals surface area (Å²) in [4.78, 5) is 0. The molecule has 3 rings (SSSR count). The minimum absolute atomic E-state index is 0.505. The second kappa shape index (κ2) is 10.6. The fraction of sp³-hybridized carbons (Fsp3) is 0.526. The van der Waals surface area contributed by atoms with Crippen LogP contribution in [0.4, 0.5) is 0 Å². The molecule has 0 unspecified atom stereocenters. The Bertz CT molecular complexity index is 556. The Morgan fingerprint density at radius 2 is 1.67 bits per heavy atom. The normalized spacial score (nSPS) is 12.8. The van der Waals surface area contributed by atoms with Crippen LogP contribution < -0.4 is 0 Å². The second-order valence-corrected chi connectivity index (χ2v) is 6.52. The van der Waals surface area contributed by atoms with E-state index in [0.717, 1.165) is 11.5 Å². The van der Waals surface area contributed by atoms with Crippen molar-refractivity contribution in [3.8, 4) is 0 Å². The van der Waals surface area contributed by atoms with E-state index in [9.17, 15) is 0 Å². The molecule has 0 amide bonds. The molecule has 1 aliphatic heterocycles. The summed E-state index contributed by atoms with van der Waals surface area (Å²) in [6, 6.07) is 5.89. The van der Waals surface area contributed by atoms with E-state index < -0.39 is 0 Å². The first-order chi connectivity index (χ1) is 11.4. The minimum Gasteiger partial charge on any atom is -0.472 e. The van der Waals surface area contributed by atoms with Crippen molar-refractivity contribution >= 4 is 5.71 Å². The van der Waals surface area contributed by atoms with Gasteiger partial charge in [-0.25, -0.2) is 0 Å². The molecule has 3 heterocycles. The van der Waals surface area contributed by atoms with Gasteiger partial charge in [0.1, 0.15) is 12.3 Å². The SMILES string of the molecule is CC(C)C1=NN=NC1.CC(C)c1ccco1.CC(C)c1ccoc1. The van der Waals surface area contributed by atoms with Gasteiger partial charge in [0, 0.05) is 5.92 Å². The van der Waals surface area contributed by atoms with Gasteiger partial charge in [0.15, 0.2) is 0 Å². The van der Waals surface area contributed by atoms with E-state index in [1.165, 1.54) is 5.56 Å². The van der Waals surface area contributed by atoms with Crippen LogP contribution in [0.3, 0.4) is 0 Å². The number of hydrogen-bond donors (Lipinski definition) is 0. The highest BCUT2D eigenvalue weighted by Crippen LogP contribution is 2.13. The molecule has 132 valence electrons. The van der Waals surface area contributed by atoms with E-state index in [2.05, 4.69) is 57.0 Å². The van der Waals surface area contributed by atoms with Gasteiger partial charge in [-0.05, 0) is 40.8 Å². The molecule has 0 spiro atoms. The Hall–Kier alpha value is -2.17. The van der Waals surface area contributed by atoms with Crippen molar-refractivity contribution in [1.29, 1.82) is 0 Å². The van der Waals surface area contributed by atoms with Crippen LogP contribution in [0.5, 0.6) is 0 Å². The van der Waals surface area contributed by atoms with Crippen LogP contribution in [-0.2, 0) is 0 Å². The number of rotatable bonds is 3. The molecule has 2 aromatic heterocycles. The van der Waals surface area contributed by atoms with Crippen molar-refractivity contribution in [2.24, 2.45) is 21.4 Å². The molecule has 0 aliphatic carbocycles. The molecule has 0 N–H and O–H groups in total. The fourth-order valence-electron chi connectivity index (χ4n) is 1.75. The summed E-state index contributed by atoms with van der Waals surface area (Å²) in [6.07, 6.45) is 5.19. The number of nitrogens with zero attached hydrogens (tertiary/aromatic N) is 3. The summed E-state index contributed by atoms with van der Waals surface area (Å²) in [5, 5.41) is 11.0. The molecule has 0 bridgehead atoms. The quantitative estimate of drug-likeness (QED) is 0.665. The van der Waals surface area contributed by atoms with Gasteiger partial charge >= 0.3 is 0 Å². The van der Waals surface area contributed by atoms with Gasteiger partial charge in [0.2, 0.25) is 0 Å².